The first kappa shape index (κ1) is 20.3. The summed E-state index contributed by atoms with van der Waals surface area (Å²) in [6.07, 6.45) is 1.30. The van der Waals surface area contributed by atoms with Crippen LogP contribution in [-0.4, -0.2) is 25.6 Å². The number of sulfone groups is 1. The lowest BCUT2D eigenvalue weighted by molar-refractivity contribution is -0.115. The van der Waals surface area contributed by atoms with Crippen LogP contribution in [-0.2, 0) is 21.1 Å². The summed E-state index contributed by atoms with van der Waals surface area (Å²) >= 11 is 7.44. The third-order valence-corrected chi connectivity index (χ3v) is 6.31. The van der Waals surface area contributed by atoms with E-state index in [0.29, 0.717) is 27.2 Å². The van der Waals surface area contributed by atoms with E-state index >= 15 is 0 Å². The van der Waals surface area contributed by atoms with Crippen LogP contribution in [0.2, 0.25) is 5.02 Å². The van der Waals surface area contributed by atoms with Crippen molar-refractivity contribution in [3.63, 3.8) is 0 Å². The fourth-order valence-corrected chi connectivity index (χ4v) is 3.99. The first-order valence-corrected chi connectivity index (χ1v) is 11.4. The fraction of sp³-hybridized carbons (Fsp3) is 0.158. The van der Waals surface area contributed by atoms with Crippen molar-refractivity contribution in [1.82, 2.24) is 4.98 Å². The zero-order chi connectivity index (χ0) is 20.3. The Balaban J connectivity index is 1.62. The third kappa shape index (κ3) is 5.09. The van der Waals surface area contributed by atoms with E-state index in [1.54, 1.807) is 35.7 Å². The molecule has 146 valence electrons. The van der Waals surface area contributed by atoms with Crippen molar-refractivity contribution in [3.8, 4) is 0 Å². The van der Waals surface area contributed by atoms with Gasteiger partial charge < -0.3 is 10.6 Å². The standard InChI is InChI=1S/C19H18ClN3O3S2/c1-12-16(20)4-3-5-17(12)23-18(24)10-14-11-27-19(22-14)21-13-6-8-15(9-7-13)28(2,25)26/h3-9,11H,10H2,1-2H3,(H,21,22)(H,23,24). The summed E-state index contributed by atoms with van der Waals surface area (Å²) in [7, 11) is -3.23. The van der Waals surface area contributed by atoms with Crippen molar-refractivity contribution in [2.75, 3.05) is 16.9 Å². The zero-order valence-electron chi connectivity index (χ0n) is 15.2. The number of aromatic nitrogens is 1. The molecule has 0 saturated heterocycles. The van der Waals surface area contributed by atoms with Gasteiger partial charge in [-0.05, 0) is 48.9 Å². The molecule has 3 aromatic rings. The largest absolute Gasteiger partial charge is 0.332 e. The monoisotopic (exact) mass is 435 g/mol. The highest BCUT2D eigenvalue weighted by Gasteiger charge is 2.11. The Bertz CT molecular complexity index is 1110. The average Bonchev–Trinajstić information content (AvgIpc) is 3.05. The van der Waals surface area contributed by atoms with E-state index in [1.807, 2.05) is 6.92 Å². The molecule has 1 heterocycles. The lowest BCUT2D eigenvalue weighted by Gasteiger charge is -2.08. The van der Waals surface area contributed by atoms with E-state index in [2.05, 4.69) is 15.6 Å². The van der Waals surface area contributed by atoms with E-state index < -0.39 is 9.84 Å². The van der Waals surface area contributed by atoms with Gasteiger partial charge in [-0.15, -0.1) is 11.3 Å². The summed E-state index contributed by atoms with van der Waals surface area (Å²) in [5.74, 6) is -0.181. The van der Waals surface area contributed by atoms with Crippen LogP contribution < -0.4 is 10.6 Å². The number of hydrogen-bond donors (Lipinski definition) is 2. The van der Waals surface area contributed by atoms with Crippen LogP contribution in [0.4, 0.5) is 16.5 Å². The van der Waals surface area contributed by atoms with Crippen LogP contribution in [0.15, 0.2) is 52.7 Å². The van der Waals surface area contributed by atoms with Crippen LogP contribution in [0.25, 0.3) is 0 Å². The third-order valence-electron chi connectivity index (χ3n) is 3.97. The summed E-state index contributed by atoms with van der Waals surface area (Å²) in [6, 6.07) is 11.8. The van der Waals surface area contributed by atoms with Crippen LogP contribution >= 0.6 is 22.9 Å². The van der Waals surface area contributed by atoms with Gasteiger partial charge in [-0.25, -0.2) is 13.4 Å². The number of nitrogens with one attached hydrogen (secondary N) is 2. The molecule has 28 heavy (non-hydrogen) atoms. The number of carbonyl (C=O) groups excluding carboxylic acids is 1. The molecule has 6 nitrogen and oxygen atoms in total. The Labute approximate surface area is 172 Å². The molecular weight excluding hydrogens is 418 g/mol. The molecule has 0 radical (unpaired) electrons. The Hall–Kier alpha value is -2.42. The predicted octanol–water partition coefficient (Wildman–Crippen LogP) is 4.43. The maximum Gasteiger partial charge on any atom is 0.230 e. The molecule has 0 unspecified atom stereocenters. The number of rotatable bonds is 6. The van der Waals surface area contributed by atoms with Gasteiger partial charge in [0.25, 0.3) is 0 Å². The summed E-state index contributed by atoms with van der Waals surface area (Å²) in [6.45, 7) is 1.85. The van der Waals surface area contributed by atoms with E-state index in [4.69, 9.17) is 11.6 Å². The molecule has 0 spiro atoms. The summed E-state index contributed by atoms with van der Waals surface area (Å²) in [5, 5.41) is 8.97. The average molecular weight is 436 g/mol. The van der Waals surface area contributed by atoms with Crippen molar-refractivity contribution < 1.29 is 13.2 Å². The lowest BCUT2D eigenvalue weighted by Crippen LogP contribution is -2.15. The number of carbonyl (C=O) groups is 1. The molecule has 0 fully saturated rings. The van der Waals surface area contributed by atoms with Gasteiger partial charge in [0, 0.05) is 28.0 Å². The molecule has 0 aliphatic carbocycles. The van der Waals surface area contributed by atoms with Crippen LogP contribution in [0.1, 0.15) is 11.3 Å². The highest BCUT2D eigenvalue weighted by molar-refractivity contribution is 7.90. The smallest absolute Gasteiger partial charge is 0.230 e. The van der Waals surface area contributed by atoms with Gasteiger partial charge in [0.15, 0.2) is 15.0 Å². The second-order valence-electron chi connectivity index (χ2n) is 6.20. The maximum absolute atomic E-state index is 12.3. The van der Waals surface area contributed by atoms with E-state index in [-0.39, 0.29) is 17.2 Å². The molecule has 0 saturated carbocycles. The molecule has 0 aliphatic rings. The Morgan fingerprint density at radius 1 is 1.18 bits per heavy atom. The van der Waals surface area contributed by atoms with Crippen molar-refractivity contribution in [1.29, 1.82) is 0 Å². The van der Waals surface area contributed by atoms with Gasteiger partial charge in [0.05, 0.1) is 17.0 Å². The van der Waals surface area contributed by atoms with Crippen molar-refractivity contribution in [3.05, 3.63) is 64.1 Å². The Kier molecular flexibility index (Phi) is 6.02. The fourth-order valence-electron chi connectivity index (χ4n) is 2.46. The number of anilines is 3. The number of thiazole rings is 1. The summed E-state index contributed by atoms with van der Waals surface area (Å²) < 4.78 is 23.0. The molecule has 9 heteroatoms. The van der Waals surface area contributed by atoms with Crippen LogP contribution in [0.3, 0.4) is 0 Å². The van der Waals surface area contributed by atoms with Gasteiger partial charge in [0.1, 0.15) is 0 Å². The van der Waals surface area contributed by atoms with Gasteiger partial charge in [-0.1, -0.05) is 17.7 Å². The normalized spacial score (nSPS) is 11.2. The second kappa shape index (κ2) is 8.30. The summed E-state index contributed by atoms with van der Waals surface area (Å²) in [4.78, 5) is 16.9. The topological polar surface area (TPSA) is 88.2 Å². The Morgan fingerprint density at radius 2 is 1.89 bits per heavy atom. The molecule has 0 atom stereocenters. The number of halogens is 1. The minimum Gasteiger partial charge on any atom is -0.332 e. The number of hydrogen-bond acceptors (Lipinski definition) is 6. The minimum absolute atomic E-state index is 0.136. The molecule has 1 aromatic heterocycles. The van der Waals surface area contributed by atoms with E-state index in [9.17, 15) is 13.2 Å². The van der Waals surface area contributed by atoms with Crippen LogP contribution in [0, 0.1) is 6.92 Å². The van der Waals surface area contributed by atoms with Crippen LogP contribution in [0.5, 0.6) is 0 Å². The van der Waals surface area contributed by atoms with E-state index in [0.717, 1.165) is 5.56 Å². The van der Waals surface area contributed by atoms with Crippen molar-refractivity contribution in [2.24, 2.45) is 0 Å². The first-order valence-electron chi connectivity index (χ1n) is 8.29. The van der Waals surface area contributed by atoms with Crippen molar-refractivity contribution >= 4 is 55.2 Å². The Morgan fingerprint density at radius 3 is 2.57 bits per heavy atom. The lowest BCUT2D eigenvalue weighted by atomic mass is 10.2. The van der Waals surface area contributed by atoms with E-state index in [1.165, 1.54) is 29.7 Å². The quantitative estimate of drug-likeness (QED) is 0.597. The van der Waals surface area contributed by atoms with Gasteiger partial charge >= 0.3 is 0 Å². The molecule has 0 bridgehead atoms. The predicted molar refractivity (Wildman–Crippen MR) is 113 cm³/mol. The van der Waals surface area contributed by atoms with Gasteiger partial charge in [-0.3, -0.25) is 4.79 Å². The first-order chi connectivity index (χ1) is 13.2. The maximum atomic E-state index is 12.3. The molecule has 2 aromatic carbocycles. The number of benzene rings is 2. The SMILES string of the molecule is Cc1c(Cl)cccc1NC(=O)Cc1csc(Nc2ccc(S(C)(=O)=O)cc2)n1. The summed E-state index contributed by atoms with van der Waals surface area (Å²) in [5.41, 5.74) is 2.84. The number of nitrogens with zero attached hydrogens (tertiary/aromatic N) is 1. The van der Waals surface area contributed by atoms with Gasteiger partial charge in [0.2, 0.25) is 5.91 Å². The molecule has 0 aliphatic heterocycles. The zero-order valence-corrected chi connectivity index (χ0v) is 17.6. The minimum atomic E-state index is -3.23. The molecular formula is C19H18ClN3O3S2. The van der Waals surface area contributed by atoms with Crippen molar-refractivity contribution in [2.45, 2.75) is 18.2 Å². The second-order valence-corrected chi connectivity index (χ2v) is 9.48. The highest BCUT2D eigenvalue weighted by Crippen LogP contribution is 2.24. The molecule has 1 amide bonds. The molecule has 3 rings (SSSR count). The highest BCUT2D eigenvalue weighted by atomic mass is 35.5. The van der Waals surface area contributed by atoms with Gasteiger partial charge in [-0.2, -0.15) is 0 Å². The molecule has 2 N–H and O–H groups in total. The number of amides is 1.